The second-order valence-corrected chi connectivity index (χ2v) is 8.21. The van der Waals surface area contributed by atoms with Crippen molar-refractivity contribution < 1.29 is 13.2 Å². The van der Waals surface area contributed by atoms with Crippen LogP contribution in [0.1, 0.15) is 38.2 Å². The molecule has 0 amide bonds. The highest BCUT2D eigenvalue weighted by Gasteiger charge is 2.32. The third-order valence-electron chi connectivity index (χ3n) is 4.65. The van der Waals surface area contributed by atoms with Crippen molar-refractivity contribution >= 4 is 10.0 Å². The summed E-state index contributed by atoms with van der Waals surface area (Å²) in [6.07, 6.45) is 4.43. The predicted octanol–water partition coefficient (Wildman–Crippen LogP) is 2.16. The van der Waals surface area contributed by atoms with E-state index in [2.05, 4.69) is 5.32 Å². The summed E-state index contributed by atoms with van der Waals surface area (Å²) in [6, 6.07) is 5.43. The highest BCUT2D eigenvalue weighted by atomic mass is 32.2. The van der Waals surface area contributed by atoms with E-state index in [1.165, 1.54) is 0 Å². The normalized spacial score (nSPS) is 19.4. The molecule has 0 spiro atoms. The van der Waals surface area contributed by atoms with Crippen molar-refractivity contribution in [2.24, 2.45) is 0 Å². The van der Waals surface area contributed by atoms with Gasteiger partial charge in [0.2, 0.25) is 10.0 Å². The number of hydrogen-bond acceptors (Lipinski definition) is 4. The van der Waals surface area contributed by atoms with Crippen LogP contribution < -0.4 is 10.1 Å². The van der Waals surface area contributed by atoms with E-state index in [0.717, 1.165) is 63.1 Å². The van der Waals surface area contributed by atoms with E-state index in [1.54, 1.807) is 10.4 Å². The molecule has 23 heavy (non-hydrogen) atoms. The number of aryl methyl sites for hydroxylation is 1. The average molecular weight is 338 g/mol. The summed E-state index contributed by atoms with van der Waals surface area (Å²) in [5.74, 6) is 0.833. The van der Waals surface area contributed by atoms with Crippen molar-refractivity contribution in [2.45, 2.75) is 50.0 Å². The zero-order chi connectivity index (χ0) is 16.3. The van der Waals surface area contributed by atoms with Gasteiger partial charge in [0.15, 0.2) is 0 Å². The molecule has 0 unspecified atom stereocenters. The van der Waals surface area contributed by atoms with E-state index >= 15 is 0 Å². The van der Waals surface area contributed by atoms with Crippen LogP contribution in [0.5, 0.6) is 5.75 Å². The largest absolute Gasteiger partial charge is 0.493 e. The van der Waals surface area contributed by atoms with Gasteiger partial charge in [0.05, 0.1) is 11.5 Å². The molecule has 1 aromatic carbocycles. The molecule has 0 aromatic heterocycles. The zero-order valence-electron chi connectivity index (χ0n) is 13.8. The minimum absolute atomic E-state index is 0.105. The summed E-state index contributed by atoms with van der Waals surface area (Å²) in [7, 11) is -3.45. The van der Waals surface area contributed by atoms with Crippen molar-refractivity contribution in [3.63, 3.8) is 0 Å². The van der Waals surface area contributed by atoms with Gasteiger partial charge in [-0.25, -0.2) is 8.42 Å². The van der Waals surface area contributed by atoms with Gasteiger partial charge in [-0.3, -0.25) is 0 Å². The molecule has 0 bridgehead atoms. The molecule has 3 rings (SSSR count). The fourth-order valence-corrected chi connectivity index (χ4v) is 5.27. The molecular weight excluding hydrogens is 312 g/mol. The number of nitrogens with zero attached hydrogens (tertiary/aromatic N) is 1. The SMILES string of the molecule is CCCN(C1CCNCC1)S(=O)(=O)c1ccc2c(c1)CCCO2. The highest BCUT2D eigenvalue weighted by molar-refractivity contribution is 7.89. The monoisotopic (exact) mass is 338 g/mol. The quantitative estimate of drug-likeness (QED) is 0.894. The van der Waals surface area contributed by atoms with Crippen LogP contribution in [0, 0.1) is 0 Å². The Kier molecular flexibility index (Phi) is 5.24. The summed E-state index contributed by atoms with van der Waals surface area (Å²) in [5, 5.41) is 3.31. The van der Waals surface area contributed by atoms with Crippen molar-refractivity contribution in [2.75, 3.05) is 26.2 Å². The molecule has 1 saturated heterocycles. The molecule has 0 aliphatic carbocycles. The number of sulfonamides is 1. The maximum Gasteiger partial charge on any atom is 0.243 e. The maximum absolute atomic E-state index is 13.2. The Morgan fingerprint density at radius 3 is 2.83 bits per heavy atom. The van der Waals surface area contributed by atoms with Crippen LogP contribution in [0.4, 0.5) is 0 Å². The standard InChI is InChI=1S/C17H26N2O3S/c1-2-11-19(15-7-9-18-10-8-15)23(20,21)16-5-6-17-14(13-16)4-3-12-22-17/h5-6,13,15,18H,2-4,7-12H2,1H3. The summed E-state index contributed by atoms with van der Waals surface area (Å²) in [5.41, 5.74) is 1.01. The van der Waals surface area contributed by atoms with Crippen molar-refractivity contribution in [3.8, 4) is 5.75 Å². The minimum Gasteiger partial charge on any atom is -0.493 e. The van der Waals surface area contributed by atoms with E-state index in [4.69, 9.17) is 4.74 Å². The number of fused-ring (bicyclic) bond motifs is 1. The fraction of sp³-hybridized carbons (Fsp3) is 0.647. The molecule has 128 valence electrons. The van der Waals surface area contributed by atoms with Gasteiger partial charge in [-0.15, -0.1) is 0 Å². The number of rotatable bonds is 5. The Balaban J connectivity index is 1.90. The Bertz CT molecular complexity index is 639. The smallest absolute Gasteiger partial charge is 0.243 e. The van der Waals surface area contributed by atoms with Crippen LogP contribution in [0.2, 0.25) is 0 Å². The first-order chi connectivity index (χ1) is 11.1. The van der Waals surface area contributed by atoms with Crippen LogP contribution in [0.15, 0.2) is 23.1 Å². The minimum atomic E-state index is -3.45. The summed E-state index contributed by atoms with van der Waals surface area (Å²) >= 11 is 0. The van der Waals surface area contributed by atoms with Gasteiger partial charge in [-0.2, -0.15) is 4.31 Å². The van der Waals surface area contributed by atoms with Crippen LogP contribution >= 0.6 is 0 Å². The first-order valence-electron chi connectivity index (χ1n) is 8.61. The first-order valence-corrected chi connectivity index (χ1v) is 10.0. The molecule has 1 N–H and O–H groups in total. The van der Waals surface area contributed by atoms with Gasteiger partial charge >= 0.3 is 0 Å². The number of benzene rings is 1. The van der Waals surface area contributed by atoms with Crippen molar-refractivity contribution in [3.05, 3.63) is 23.8 Å². The first kappa shape index (κ1) is 16.7. The number of nitrogens with one attached hydrogen (secondary N) is 1. The van der Waals surface area contributed by atoms with E-state index < -0.39 is 10.0 Å². The summed E-state index contributed by atoms with van der Waals surface area (Å²) in [4.78, 5) is 0.411. The van der Waals surface area contributed by atoms with Crippen molar-refractivity contribution in [1.29, 1.82) is 0 Å². The molecule has 0 saturated carbocycles. The fourth-order valence-electron chi connectivity index (χ4n) is 3.45. The number of piperidine rings is 1. The molecule has 2 heterocycles. The lowest BCUT2D eigenvalue weighted by atomic mass is 10.1. The topological polar surface area (TPSA) is 58.6 Å². The van der Waals surface area contributed by atoms with E-state index in [0.29, 0.717) is 11.4 Å². The molecule has 0 radical (unpaired) electrons. The Morgan fingerprint density at radius 2 is 2.09 bits per heavy atom. The van der Waals surface area contributed by atoms with Gasteiger partial charge < -0.3 is 10.1 Å². The Hall–Kier alpha value is -1.11. The molecule has 1 fully saturated rings. The van der Waals surface area contributed by atoms with Crippen LogP contribution in [-0.2, 0) is 16.4 Å². The summed E-state index contributed by atoms with van der Waals surface area (Å²) in [6.45, 7) is 5.11. The predicted molar refractivity (Wildman–Crippen MR) is 90.3 cm³/mol. The lowest BCUT2D eigenvalue weighted by Crippen LogP contribution is -2.46. The van der Waals surface area contributed by atoms with Gasteiger partial charge in [-0.05, 0) is 69.0 Å². The highest BCUT2D eigenvalue weighted by Crippen LogP contribution is 2.30. The van der Waals surface area contributed by atoms with Crippen LogP contribution in [0.25, 0.3) is 0 Å². The summed E-state index contributed by atoms with van der Waals surface area (Å²) < 4.78 is 33.7. The van der Waals surface area contributed by atoms with Gasteiger partial charge in [0.1, 0.15) is 5.75 Å². The van der Waals surface area contributed by atoms with Gasteiger partial charge in [-0.1, -0.05) is 6.92 Å². The Labute approximate surface area is 139 Å². The lowest BCUT2D eigenvalue weighted by Gasteiger charge is -2.33. The molecule has 2 aliphatic rings. The second kappa shape index (κ2) is 7.20. The molecule has 6 heteroatoms. The third-order valence-corrected chi connectivity index (χ3v) is 6.59. The molecule has 1 aromatic rings. The van der Waals surface area contributed by atoms with Crippen LogP contribution in [0.3, 0.4) is 0 Å². The number of ether oxygens (including phenoxy) is 1. The van der Waals surface area contributed by atoms with Crippen molar-refractivity contribution in [1.82, 2.24) is 9.62 Å². The second-order valence-electron chi connectivity index (χ2n) is 6.32. The van der Waals surface area contributed by atoms with Crippen LogP contribution in [-0.4, -0.2) is 45.0 Å². The number of hydrogen-bond donors (Lipinski definition) is 1. The molecule has 5 nitrogen and oxygen atoms in total. The average Bonchev–Trinajstić information content (AvgIpc) is 2.60. The van der Waals surface area contributed by atoms with E-state index in [-0.39, 0.29) is 6.04 Å². The van der Waals surface area contributed by atoms with Gasteiger partial charge in [0.25, 0.3) is 0 Å². The zero-order valence-corrected chi connectivity index (χ0v) is 14.6. The van der Waals surface area contributed by atoms with Gasteiger partial charge in [0, 0.05) is 12.6 Å². The molecular formula is C17H26N2O3S. The third kappa shape index (κ3) is 3.54. The molecule has 2 aliphatic heterocycles. The van der Waals surface area contributed by atoms with E-state index in [9.17, 15) is 8.42 Å². The Morgan fingerprint density at radius 1 is 1.30 bits per heavy atom. The molecule has 0 atom stereocenters. The maximum atomic E-state index is 13.2. The van der Waals surface area contributed by atoms with E-state index in [1.807, 2.05) is 19.1 Å². The lowest BCUT2D eigenvalue weighted by molar-refractivity contribution is 0.262.